The minimum atomic E-state index is -0.588. The molecule has 0 unspecified atom stereocenters. The van der Waals surface area contributed by atoms with Crippen LogP contribution < -0.4 is 5.32 Å². The van der Waals surface area contributed by atoms with Crippen LogP contribution in [0.15, 0.2) is 48.5 Å². The summed E-state index contributed by atoms with van der Waals surface area (Å²) in [5, 5.41) is 12.3. The predicted octanol–water partition coefficient (Wildman–Crippen LogP) is 4.26. The lowest BCUT2D eigenvalue weighted by Gasteiger charge is -2.11. The monoisotopic (exact) mass is 285 g/mol. The van der Waals surface area contributed by atoms with Crippen molar-refractivity contribution >= 4 is 11.8 Å². The topological polar surface area (TPSA) is 58.6 Å². The average Bonchev–Trinajstić information content (AvgIpc) is 2.48. The first-order chi connectivity index (χ1) is 10.1. The van der Waals surface area contributed by atoms with Gasteiger partial charge in [-0.25, -0.2) is 4.79 Å². The highest BCUT2D eigenvalue weighted by molar-refractivity contribution is 5.86. The molecule has 0 radical (unpaired) electrons. The lowest BCUT2D eigenvalue weighted by atomic mass is 10.0. The minimum Gasteiger partial charge on any atom is -0.506 e. The van der Waals surface area contributed by atoms with Gasteiger partial charge in [-0.3, -0.25) is 5.32 Å². The maximum absolute atomic E-state index is 11.8. The molecule has 0 fully saturated rings. The Hall–Kier alpha value is -2.49. The predicted molar refractivity (Wildman–Crippen MR) is 82.4 cm³/mol. The van der Waals surface area contributed by atoms with E-state index >= 15 is 0 Å². The Kier molecular flexibility index (Phi) is 4.82. The van der Waals surface area contributed by atoms with Gasteiger partial charge in [0.05, 0.1) is 5.69 Å². The van der Waals surface area contributed by atoms with Crippen molar-refractivity contribution in [3.05, 3.63) is 59.7 Å². The van der Waals surface area contributed by atoms with Crippen LogP contribution >= 0.6 is 0 Å². The van der Waals surface area contributed by atoms with Gasteiger partial charge in [-0.15, -0.1) is 0 Å². The van der Waals surface area contributed by atoms with Crippen LogP contribution in [-0.2, 0) is 11.3 Å². The third-order valence-electron chi connectivity index (χ3n) is 3.14. The van der Waals surface area contributed by atoms with E-state index in [1.807, 2.05) is 50.2 Å². The second-order valence-electron chi connectivity index (χ2n) is 5.12. The molecule has 4 heteroatoms. The van der Waals surface area contributed by atoms with Crippen molar-refractivity contribution in [2.45, 2.75) is 26.4 Å². The zero-order valence-electron chi connectivity index (χ0n) is 12.2. The van der Waals surface area contributed by atoms with Crippen molar-refractivity contribution in [2.75, 3.05) is 5.32 Å². The number of anilines is 1. The first-order valence-corrected chi connectivity index (χ1v) is 6.87. The van der Waals surface area contributed by atoms with E-state index < -0.39 is 6.09 Å². The lowest BCUT2D eigenvalue weighted by molar-refractivity contribution is 0.155. The molecule has 0 bridgehead atoms. The van der Waals surface area contributed by atoms with Gasteiger partial charge in [0.15, 0.2) is 0 Å². The minimum absolute atomic E-state index is 0.0241. The average molecular weight is 285 g/mol. The zero-order chi connectivity index (χ0) is 15.2. The molecule has 0 saturated heterocycles. The molecule has 21 heavy (non-hydrogen) atoms. The number of hydrogen-bond donors (Lipinski definition) is 2. The molecule has 1 amide bonds. The molecule has 0 heterocycles. The number of hydrogen-bond acceptors (Lipinski definition) is 3. The summed E-state index contributed by atoms with van der Waals surface area (Å²) < 4.78 is 5.13. The molecule has 2 rings (SSSR count). The quantitative estimate of drug-likeness (QED) is 0.825. The van der Waals surface area contributed by atoms with E-state index in [9.17, 15) is 9.90 Å². The van der Waals surface area contributed by atoms with Gasteiger partial charge >= 0.3 is 6.09 Å². The fourth-order valence-corrected chi connectivity index (χ4v) is 1.88. The van der Waals surface area contributed by atoms with Crippen molar-refractivity contribution in [1.82, 2.24) is 0 Å². The normalized spacial score (nSPS) is 10.4. The second-order valence-corrected chi connectivity index (χ2v) is 5.12. The van der Waals surface area contributed by atoms with Crippen molar-refractivity contribution in [3.63, 3.8) is 0 Å². The maximum atomic E-state index is 11.8. The first kappa shape index (κ1) is 14.9. The molecule has 2 N–H and O–H groups in total. The smallest absolute Gasteiger partial charge is 0.412 e. The van der Waals surface area contributed by atoms with Crippen molar-refractivity contribution in [2.24, 2.45) is 0 Å². The van der Waals surface area contributed by atoms with Gasteiger partial charge in [-0.2, -0.15) is 0 Å². The standard InChI is InChI=1S/C17H19NO3/c1-12(2)14-8-9-16(19)15(10-14)18-17(20)21-11-13-6-4-3-5-7-13/h3-10,12,19H,11H2,1-2H3,(H,18,20). The first-order valence-electron chi connectivity index (χ1n) is 6.87. The third-order valence-corrected chi connectivity index (χ3v) is 3.14. The fraction of sp³-hybridized carbons (Fsp3) is 0.235. The summed E-state index contributed by atoms with van der Waals surface area (Å²) in [5.74, 6) is 0.336. The van der Waals surface area contributed by atoms with Gasteiger partial charge in [0.1, 0.15) is 12.4 Å². The number of phenolic OH excluding ortho intramolecular Hbond substituents is 1. The molecule has 0 atom stereocenters. The molecule has 110 valence electrons. The summed E-state index contributed by atoms with van der Waals surface area (Å²) in [7, 11) is 0. The highest BCUT2D eigenvalue weighted by Crippen LogP contribution is 2.27. The van der Waals surface area contributed by atoms with Gasteiger partial charge in [-0.05, 0) is 29.2 Å². The van der Waals surface area contributed by atoms with Crippen LogP contribution in [-0.4, -0.2) is 11.2 Å². The van der Waals surface area contributed by atoms with Gasteiger partial charge < -0.3 is 9.84 Å². The van der Waals surface area contributed by atoms with E-state index in [2.05, 4.69) is 5.32 Å². The summed E-state index contributed by atoms with van der Waals surface area (Å²) in [6, 6.07) is 14.6. The van der Waals surface area contributed by atoms with Crippen LogP contribution in [0.4, 0.5) is 10.5 Å². The second kappa shape index (κ2) is 6.79. The van der Waals surface area contributed by atoms with Crippen LogP contribution in [0.25, 0.3) is 0 Å². The molecule has 0 aliphatic rings. The van der Waals surface area contributed by atoms with Crippen LogP contribution in [0.5, 0.6) is 5.75 Å². The number of benzene rings is 2. The molecule has 2 aromatic rings. The lowest BCUT2D eigenvalue weighted by Crippen LogP contribution is -2.13. The third kappa shape index (κ3) is 4.24. The molecule has 0 spiro atoms. The molecule has 0 aliphatic heterocycles. The number of rotatable bonds is 4. The summed E-state index contributed by atoms with van der Waals surface area (Å²) in [6.07, 6.45) is -0.588. The van der Waals surface area contributed by atoms with Crippen LogP contribution in [0.1, 0.15) is 30.9 Å². The van der Waals surface area contributed by atoms with Gasteiger partial charge in [0, 0.05) is 0 Å². The molecule has 4 nitrogen and oxygen atoms in total. The Labute approximate surface area is 124 Å². The molecular formula is C17H19NO3. The van der Waals surface area contributed by atoms with Crippen LogP contribution in [0.3, 0.4) is 0 Å². The Bertz CT molecular complexity index is 609. The van der Waals surface area contributed by atoms with Gasteiger partial charge in [0.25, 0.3) is 0 Å². The van der Waals surface area contributed by atoms with Crippen molar-refractivity contribution in [3.8, 4) is 5.75 Å². The van der Waals surface area contributed by atoms with Gasteiger partial charge in [0.2, 0.25) is 0 Å². The van der Waals surface area contributed by atoms with E-state index in [4.69, 9.17) is 4.74 Å². The maximum Gasteiger partial charge on any atom is 0.412 e. The Morgan fingerprint density at radius 3 is 2.57 bits per heavy atom. The fourth-order valence-electron chi connectivity index (χ4n) is 1.88. The zero-order valence-corrected chi connectivity index (χ0v) is 12.2. The van der Waals surface area contributed by atoms with E-state index in [0.717, 1.165) is 11.1 Å². The number of ether oxygens (including phenoxy) is 1. The number of phenols is 1. The van der Waals surface area contributed by atoms with Crippen LogP contribution in [0.2, 0.25) is 0 Å². The number of aromatic hydroxyl groups is 1. The highest BCUT2D eigenvalue weighted by atomic mass is 16.5. The molecule has 2 aromatic carbocycles. The van der Waals surface area contributed by atoms with Crippen molar-refractivity contribution in [1.29, 1.82) is 0 Å². The Morgan fingerprint density at radius 1 is 1.19 bits per heavy atom. The van der Waals surface area contributed by atoms with Gasteiger partial charge in [-0.1, -0.05) is 50.2 Å². The summed E-state index contributed by atoms with van der Waals surface area (Å²) in [6.45, 7) is 4.28. The van der Waals surface area contributed by atoms with E-state index in [-0.39, 0.29) is 12.4 Å². The summed E-state index contributed by atoms with van der Waals surface area (Å²) in [4.78, 5) is 11.8. The Morgan fingerprint density at radius 2 is 1.90 bits per heavy atom. The highest BCUT2D eigenvalue weighted by Gasteiger charge is 2.10. The number of amides is 1. The number of nitrogens with one attached hydrogen (secondary N) is 1. The van der Waals surface area contributed by atoms with Crippen molar-refractivity contribution < 1.29 is 14.6 Å². The summed E-state index contributed by atoms with van der Waals surface area (Å²) in [5.41, 5.74) is 2.30. The molecule has 0 aliphatic carbocycles. The SMILES string of the molecule is CC(C)c1ccc(O)c(NC(=O)OCc2ccccc2)c1. The number of carbonyl (C=O) groups excluding carboxylic acids is 1. The molecule has 0 aromatic heterocycles. The van der Waals surface area contributed by atoms with Crippen LogP contribution in [0, 0.1) is 0 Å². The number of carbonyl (C=O) groups is 1. The van der Waals surface area contributed by atoms with E-state index in [1.54, 1.807) is 12.1 Å². The largest absolute Gasteiger partial charge is 0.506 e. The van der Waals surface area contributed by atoms with E-state index in [1.165, 1.54) is 0 Å². The molecular weight excluding hydrogens is 266 g/mol. The molecule has 0 saturated carbocycles. The Balaban J connectivity index is 1.98. The summed E-state index contributed by atoms with van der Waals surface area (Å²) >= 11 is 0. The van der Waals surface area contributed by atoms with E-state index in [0.29, 0.717) is 11.6 Å².